The highest BCUT2D eigenvalue weighted by Gasteiger charge is 2.26. The Hall–Kier alpha value is -0.700. The van der Waals surface area contributed by atoms with Crippen molar-refractivity contribution in [3.05, 3.63) is 0 Å². The first-order chi connectivity index (χ1) is 18.1. The molecule has 7 nitrogen and oxygen atoms in total. The summed E-state index contributed by atoms with van der Waals surface area (Å²) in [6, 6.07) is 0. The summed E-state index contributed by atoms with van der Waals surface area (Å²) in [6.07, 6.45) is 26.7. The highest BCUT2D eigenvalue weighted by Crippen LogP contribution is 2.15. The highest BCUT2D eigenvalue weighted by molar-refractivity contribution is 7.86. The van der Waals surface area contributed by atoms with E-state index in [1.165, 1.54) is 109 Å². The lowest BCUT2D eigenvalue weighted by atomic mass is 10.0. The van der Waals surface area contributed by atoms with Crippen LogP contribution in [0.2, 0.25) is 0 Å². The fourth-order valence-corrected chi connectivity index (χ4v) is 5.84. The van der Waals surface area contributed by atoms with Gasteiger partial charge < -0.3 is 19.5 Å². The van der Waals surface area contributed by atoms with Crippen molar-refractivity contribution in [2.24, 2.45) is 0 Å². The van der Waals surface area contributed by atoms with E-state index < -0.39 is 22.0 Å². The molecule has 0 rings (SSSR count). The van der Waals surface area contributed by atoms with Crippen LogP contribution in [-0.4, -0.2) is 74.1 Å². The Morgan fingerprint density at radius 3 is 1.50 bits per heavy atom. The summed E-state index contributed by atoms with van der Waals surface area (Å²) in [5, 5.41) is 10.8. The number of nitrogens with one attached hydrogen (secondary N) is 1. The lowest BCUT2D eigenvalue weighted by molar-refractivity contribution is -0.890. The number of carbonyl (C=O) groups is 1. The smallest absolute Gasteiger partial charge is 0.219 e. The Bertz CT molecular complexity index is 655. The van der Waals surface area contributed by atoms with E-state index >= 15 is 0 Å². The number of hydrogen-bond acceptors (Lipinski definition) is 5. The molecule has 0 bridgehead atoms. The summed E-state index contributed by atoms with van der Waals surface area (Å²) in [7, 11) is -0.854. The number of carbonyl (C=O) groups excluding carboxylic acids is 1. The average Bonchev–Trinajstić information content (AvgIpc) is 2.86. The SMILES string of the molecule is CCCCCCCCCCCCCCCCCCCCCC(=O)NCCC[N+](C)(C)CC(CO)S(=O)(=O)[O-]. The van der Waals surface area contributed by atoms with Crippen molar-refractivity contribution in [3.8, 4) is 0 Å². The third-order valence-electron chi connectivity index (χ3n) is 7.58. The second-order valence-electron chi connectivity index (χ2n) is 12.0. The van der Waals surface area contributed by atoms with Gasteiger partial charge >= 0.3 is 0 Å². The van der Waals surface area contributed by atoms with Crippen LogP contribution in [0.5, 0.6) is 0 Å². The first kappa shape index (κ1) is 37.3. The maximum atomic E-state index is 12.0. The minimum atomic E-state index is -4.51. The fraction of sp³-hybridized carbons (Fsp3) is 0.967. The van der Waals surface area contributed by atoms with Crippen LogP contribution in [0, 0.1) is 0 Å². The number of aliphatic hydroxyl groups excluding tert-OH is 1. The third-order valence-corrected chi connectivity index (χ3v) is 8.69. The maximum absolute atomic E-state index is 12.0. The summed E-state index contributed by atoms with van der Waals surface area (Å²) in [5.74, 6) is 0.0673. The molecule has 0 aromatic heterocycles. The van der Waals surface area contributed by atoms with Gasteiger partial charge in [-0.3, -0.25) is 4.79 Å². The number of aliphatic hydroxyl groups is 1. The van der Waals surface area contributed by atoms with Crippen LogP contribution in [0.3, 0.4) is 0 Å². The van der Waals surface area contributed by atoms with Gasteiger partial charge in [0.2, 0.25) is 5.91 Å². The molecule has 0 saturated carbocycles. The monoisotopic (exact) mass is 562 g/mol. The fourth-order valence-electron chi connectivity index (χ4n) is 5.07. The zero-order valence-electron chi connectivity index (χ0n) is 25.2. The maximum Gasteiger partial charge on any atom is 0.219 e. The van der Waals surface area contributed by atoms with Crippen molar-refractivity contribution in [1.82, 2.24) is 5.32 Å². The van der Waals surface area contributed by atoms with Gasteiger partial charge in [-0.25, -0.2) is 8.42 Å². The van der Waals surface area contributed by atoms with Crippen molar-refractivity contribution < 1.29 is 27.4 Å². The van der Waals surface area contributed by atoms with Gasteiger partial charge in [0.1, 0.15) is 15.4 Å². The standard InChI is InChI=1S/C30H62N2O5S/c1-4-5-6-7-8-9-10-11-12-13-14-15-16-17-18-19-20-21-22-24-30(34)31-25-23-26-32(2,3)27-29(28-33)38(35,36)37/h29,33H,4-28H2,1-3H3,(H-,31,34,35,36,37). The van der Waals surface area contributed by atoms with Gasteiger partial charge in [0.15, 0.2) is 0 Å². The molecule has 0 aromatic carbocycles. The third kappa shape index (κ3) is 24.3. The van der Waals surface area contributed by atoms with Gasteiger partial charge in [-0.05, 0) is 6.42 Å². The molecule has 0 aromatic rings. The van der Waals surface area contributed by atoms with E-state index in [1.807, 2.05) is 14.1 Å². The van der Waals surface area contributed by atoms with Crippen molar-refractivity contribution in [2.75, 3.05) is 40.3 Å². The molecule has 0 fully saturated rings. The van der Waals surface area contributed by atoms with Crippen LogP contribution in [0.25, 0.3) is 0 Å². The Kier molecular flexibility index (Phi) is 23.7. The predicted molar refractivity (Wildman–Crippen MR) is 158 cm³/mol. The first-order valence-electron chi connectivity index (χ1n) is 15.8. The van der Waals surface area contributed by atoms with Crippen LogP contribution in [-0.2, 0) is 14.9 Å². The van der Waals surface area contributed by atoms with Gasteiger partial charge in [0.25, 0.3) is 0 Å². The van der Waals surface area contributed by atoms with Gasteiger partial charge in [-0.2, -0.15) is 0 Å². The zero-order chi connectivity index (χ0) is 28.5. The molecule has 0 radical (unpaired) electrons. The number of rotatable bonds is 28. The largest absolute Gasteiger partial charge is 0.747 e. The van der Waals surface area contributed by atoms with Gasteiger partial charge in [-0.15, -0.1) is 0 Å². The van der Waals surface area contributed by atoms with Crippen molar-refractivity contribution in [3.63, 3.8) is 0 Å². The molecular weight excluding hydrogens is 500 g/mol. The van der Waals surface area contributed by atoms with E-state index in [2.05, 4.69) is 12.2 Å². The molecular formula is C30H62N2O5S. The van der Waals surface area contributed by atoms with Gasteiger partial charge in [0.05, 0.1) is 33.8 Å². The first-order valence-corrected chi connectivity index (χ1v) is 17.2. The van der Waals surface area contributed by atoms with Crippen LogP contribution in [0.4, 0.5) is 0 Å². The normalized spacial score (nSPS) is 13.1. The molecule has 1 atom stereocenters. The summed E-state index contributed by atoms with van der Waals surface area (Å²) < 4.78 is 33.9. The molecule has 0 heterocycles. The number of amides is 1. The number of quaternary nitrogens is 1. The molecule has 8 heteroatoms. The van der Waals surface area contributed by atoms with Crippen LogP contribution in [0.1, 0.15) is 142 Å². The van der Waals surface area contributed by atoms with E-state index in [9.17, 15) is 22.9 Å². The van der Waals surface area contributed by atoms with E-state index in [0.29, 0.717) is 30.4 Å². The lowest BCUT2D eigenvalue weighted by Gasteiger charge is -2.33. The Labute approximate surface area is 235 Å². The minimum absolute atomic E-state index is 0.0651. The van der Waals surface area contributed by atoms with E-state index in [-0.39, 0.29) is 12.5 Å². The van der Waals surface area contributed by atoms with Crippen LogP contribution in [0.15, 0.2) is 0 Å². The minimum Gasteiger partial charge on any atom is -0.747 e. The molecule has 228 valence electrons. The Morgan fingerprint density at radius 2 is 1.13 bits per heavy atom. The van der Waals surface area contributed by atoms with Crippen LogP contribution >= 0.6 is 0 Å². The molecule has 0 aliphatic carbocycles. The number of nitrogens with zero attached hydrogens (tertiary/aromatic N) is 1. The van der Waals surface area contributed by atoms with E-state index in [4.69, 9.17) is 0 Å². The van der Waals surface area contributed by atoms with Crippen LogP contribution < -0.4 is 5.32 Å². The quantitative estimate of drug-likeness (QED) is 0.0661. The summed E-state index contributed by atoms with van der Waals surface area (Å²) >= 11 is 0. The van der Waals surface area contributed by atoms with Crippen molar-refractivity contribution in [1.29, 1.82) is 0 Å². The predicted octanol–water partition coefficient (Wildman–Crippen LogP) is 6.30. The average molecular weight is 563 g/mol. The van der Waals surface area contributed by atoms with Gasteiger partial charge in [0, 0.05) is 19.4 Å². The molecule has 0 spiro atoms. The van der Waals surface area contributed by atoms with Gasteiger partial charge in [-0.1, -0.05) is 122 Å². The molecule has 1 unspecified atom stereocenters. The molecule has 0 aliphatic heterocycles. The van der Waals surface area contributed by atoms with Crippen molar-refractivity contribution >= 4 is 16.0 Å². The zero-order valence-corrected chi connectivity index (χ0v) is 26.0. The summed E-state index contributed by atoms with van der Waals surface area (Å²) in [4.78, 5) is 12.0. The number of hydrogen-bond donors (Lipinski definition) is 2. The highest BCUT2D eigenvalue weighted by atomic mass is 32.2. The second-order valence-corrected chi connectivity index (χ2v) is 13.6. The Morgan fingerprint density at radius 1 is 0.737 bits per heavy atom. The summed E-state index contributed by atoms with van der Waals surface area (Å²) in [5.41, 5.74) is 0. The molecule has 2 N–H and O–H groups in total. The van der Waals surface area contributed by atoms with Crippen molar-refractivity contribution in [2.45, 2.75) is 147 Å². The number of unbranched alkanes of at least 4 members (excludes halogenated alkanes) is 18. The Balaban J connectivity index is 3.46. The molecule has 0 saturated heterocycles. The molecule has 38 heavy (non-hydrogen) atoms. The topological polar surface area (TPSA) is 107 Å². The van der Waals surface area contributed by atoms with E-state index in [0.717, 1.165) is 12.8 Å². The molecule has 0 aliphatic rings. The molecule has 1 amide bonds. The second kappa shape index (κ2) is 24.1. The van der Waals surface area contributed by atoms with E-state index in [1.54, 1.807) is 0 Å². The summed E-state index contributed by atoms with van der Waals surface area (Å²) in [6.45, 7) is 2.83. The lowest BCUT2D eigenvalue weighted by Crippen LogP contribution is -2.49.